The summed E-state index contributed by atoms with van der Waals surface area (Å²) in [5.74, 6) is 0. The lowest BCUT2D eigenvalue weighted by Crippen LogP contribution is -2.25. The summed E-state index contributed by atoms with van der Waals surface area (Å²) in [7, 11) is 0. The highest BCUT2D eigenvalue weighted by Crippen LogP contribution is 2.35. The zero-order valence-corrected chi connectivity index (χ0v) is 13.1. The summed E-state index contributed by atoms with van der Waals surface area (Å²) in [4.78, 5) is 2.50. The van der Waals surface area contributed by atoms with Crippen LogP contribution in [0.5, 0.6) is 0 Å². The van der Waals surface area contributed by atoms with E-state index in [1.807, 2.05) is 0 Å². The van der Waals surface area contributed by atoms with Crippen molar-refractivity contribution in [2.45, 2.75) is 52.2 Å². The van der Waals surface area contributed by atoms with Crippen molar-refractivity contribution in [3.8, 4) is 0 Å². The van der Waals surface area contributed by atoms with Gasteiger partial charge in [0.1, 0.15) is 0 Å². The van der Waals surface area contributed by atoms with Gasteiger partial charge in [-0.05, 0) is 53.4 Å². The Morgan fingerprint density at radius 1 is 1.39 bits per heavy atom. The van der Waals surface area contributed by atoms with Crippen molar-refractivity contribution in [2.24, 2.45) is 0 Å². The highest BCUT2D eigenvalue weighted by molar-refractivity contribution is 9.10. The second kappa shape index (κ2) is 6.07. The van der Waals surface area contributed by atoms with E-state index in [-0.39, 0.29) is 0 Å². The van der Waals surface area contributed by atoms with Crippen LogP contribution in [0.4, 0.5) is 5.69 Å². The minimum absolute atomic E-state index is 0.530. The smallest absolute Gasteiger partial charge is 0.0513 e. The molecule has 0 saturated heterocycles. The van der Waals surface area contributed by atoms with E-state index in [9.17, 15) is 0 Å². The molecule has 0 amide bonds. The Balaban J connectivity index is 2.08. The van der Waals surface area contributed by atoms with Crippen LogP contribution in [0.25, 0.3) is 0 Å². The van der Waals surface area contributed by atoms with Gasteiger partial charge >= 0.3 is 0 Å². The summed E-state index contributed by atoms with van der Waals surface area (Å²) in [5, 5.41) is 3.45. The maximum atomic E-state index is 3.72. The quantitative estimate of drug-likeness (QED) is 0.856. The van der Waals surface area contributed by atoms with E-state index in [0.29, 0.717) is 6.04 Å². The van der Waals surface area contributed by atoms with Gasteiger partial charge in [-0.25, -0.2) is 0 Å². The second-order valence-corrected chi connectivity index (χ2v) is 6.19. The maximum Gasteiger partial charge on any atom is 0.0513 e. The largest absolute Gasteiger partial charge is 0.368 e. The van der Waals surface area contributed by atoms with Crippen molar-refractivity contribution in [1.82, 2.24) is 5.32 Å². The molecule has 0 spiro atoms. The number of nitrogens with one attached hydrogen (secondary N) is 1. The standard InChI is InChI=1S/C15H23BrN2/c1-4-18(13-6-7-13)15-8-5-12(9-14(15)16)10-17-11(2)3/h5,8-9,11,13,17H,4,6-7,10H2,1-3H3. The SMILES string of the molecule is CCN(c1ccc(CNC(C)C)cc1Br)C1CC1. The van der Waals surface area contributed by atoms with Crippen LogP contribution in [-0.4, -0.2) is 18.6 Å². The van der Waals surface area contributed by atoms with Crippen molar-refractivity contribution < 1.29 is 0 Å². The van der Waals surface area contributed by atoms with Gasteiger partial charge in [-0.15, -0.1) is 0 Å². The maximum absolute atomic E-state index is 3.72. The Bertz CT molecular complexity index is 399. The fourth-order valence-corrected chi connectivity index (χ4v) is 2.88. The van der Waals surface area contributed by atoms with Gasteiger partial charge in [-0.2, -0.15) is 0 Å². The minimum Gasteiger partial charge on any atom is -0.368 e. The van der Waals surface area contributed by atoms with E-state index in [4.69, 9.17) is 0 Å². The second-order valence-electron chi connectivity index (χ2n) is 5.34. The summed E-state index contributed by atoms with van der Waals surface area (Å²) >= 11 is 3.72. The van der Waals surface area contributed by atoms with Gasteiger partial charge in [0.15, 0.2) is 0 Å². The van der Waals surface area contributed by atoms with Crippen LogP contribution >= 0.6 is 15.9 Å². The van der Waals surface area contributed by atoms with Crippen LogP contribution < -0.4 is 10.2 Å². The predicted octanol–water partition coefficient (Wildman–Crippen LogP) is 3.94. The molecule has 1 aromatic rings. The van der Waals surface area contributed by atoms with Gasteiger partial charge in [0, 0.05) is 29.6 Å². The Kier molecular flexibility index (Phi) is 4.68. The molecule has 2 nitrogen and oxygen atoms in total. The van der Waals surface area contributed by atoms with E-state index in [1.54, 1.807) is 0 Å². The number of rotatable bonds is 6. The average Bonchev–Trinajstić information content (AvgIpc) is 3.14. The molecule has 1 fully saturated rings. The zero-order chi connectivity index (χ0) is 13.1. The number of hydrogen-bond acceptors (Lipinski definition) is 2. The van der Waals surface area contributed by atoms with Crippen molar-refractivity contribution >= 4 is 21.6 Å². The van der Waals surface area contributed by atoms with Crippen molar-refractivity contribution in [2.75, 3.05) is 11.4 Å². The number of anilines is 1. The molecule has 100 valence electrons. The molecule has 0 atom stereocenters. The molecule has 0 aliphatic heterocycles. The molecule has 1 aliphatic rings. The molecular formula is C15H23BrN2. The zero-order valence-electron chi connectivity index (χ0n) is 11.5. The molecule has 2 rings (SSSR count). The first kappa shape index (κ1) is 13.9. The van der Waals surface area contributed by atoms with Gasteiger partial charge < -0.3 is 10.2 Å². The van der Waals surface area contributed by atoms with E-state index < -0.39 is 0 Å². The Morgan fingerprint density at radius 2 is 2.11 bits per heavy atom. The summed E-state index contributed by atoms with van der Waals surface area (Å²) in [6.45, 7) is 8.61. The summed E-state index contributed by atoms with van der Waals surface area (Å²) < 4.78 is 1.22. The van der Waals surface area contributed by atoms with Gasteiger partial charge in [0.25, 0.3) is 0 Å². The lowest BCUT2D eigenvalue weighted by molar-refractivity contribution is 0.588. The molecule has 0 unspecified atom stereocenters. The summed E-state index contributed by atoms with van der Waals surface area (Å²) in [6, 6.07) is 8.03. The van der Waals surface area contributed by atoms with Crippen molar-refractivity contribution in [3.63, 3.8) is 0 Å². The summed E-state index contributed by atoms with van der Waals surface area (Å²) in [6.07, 6.45) is 2.69. The van der Waals surface area contributed by atoms with Gasteiger partial charge in [0.2, 0.25) is 0 Å². The molecule has 0 bridgehead atoms. The van der Waals surface area contributed by atoms with Gasteiger partial charge in [-0.3, -0.25) is 0 Å². The van der Waals surface area contributed by atoms with E-state index in [0.717, 1.165) is 19.1 Å². The lowest BCUT2D eigenvalue weighted by Gasteiger charge is -2.24. The molecule has 0 aromatic heterocycles. The lowest BCUT2D eigenvalue weighted by atomic mass is 10.2. The van der Waals surface area contributed by atoms with Crippen LogP contribution in [0.2, 0.25) is 0 Å². The van der Waals surface area contributed by atoms with Crippen LogP contribution in [-0.2, 0) is 6.54 Å². The molecular weight excluding hydrogens is 288 g/mol. The van der Waals surface area contributed by atoms with Gasteiger partial charge in [0.05, 0.1) is 5.69 Å². The highest BCUT2D eigenvalue weighted by Gasteiger charge is 2.28. The third kappa shape index (κ3) is 3.48. The number of nitrogens with zero attached hydrogens (tertiary/aromatic N) is 1. The van der Waals surface area contributed by atoms with Crippen LogP contribution in [0.15, 0.2) is 22.7 Å². The molecule has 0 radical (unpaired) electrons. The first-order valence-electron chi connectivity index (χ1n) is 6.90. The third-order valence-electron chi connectivity index (χ3n) is 3.36. The molecule has 3 heteroatoms. The van der Waals surface area contributed by atoms with Crippen molar-refractivity contribution in [1.29, 1.82) is 0 Å². The molecule has 0 heterocycles. The molecule has 1 aliphatic carbocycles. The first-order valence-corrected chi connectivity index (χ1v) is 7.69. The third-order valence-corrected chi connectivity index (χ3v) is 4.00. The Labute approximate surface area is 119 Å². The fourth-order valence-electron chi connectivity index (χ4n) is 2.23. The first-order chi connectivity index (χ1) is 8.61. The van der Waals surface area contributed by atoms with Crippen molar-refractivity contribution in [3.05, 3.63) is 28.2 Å². The normalized spacial score (nSPS) is 15.2. The monoisotopic (exact) mass is 310 g/mol. The molecule has 1 aromatic carbocycles. The molecule has 1 saturated carbocycles. The summed E-state index contributed by atoms with van der Waals surface area (Å²) in [5.41, 5.74) is 2.68. The number of hydrogen-bond donors (Lipinski definition) is 1. The van der Waals surface area contributed by atoms with E-state index in [1.165, 1.54) is 28.6 Å². The number of halogens is 1. The molecule has 1 N–H and O–H groups in total. The molecule has 18 heavy (non-hydrogen) atoms. The minimum atomic E-state index is 0.530. The average molecular weight is 311 g/mol. The Morgan fingerprint density at radius 3 is 2.61 bits per heavy atom. The van der Waals surface area contributed by atoms with Crippen LogP contribution in [0.3, 0.4) is 0 Å². The topological polar surface area (TPSA) is 15.3 Å². The van der Waals surface area contributed by atoms with E-state index >= 15 is 0 Å². The van der Waals surface area contributed by atoms with Crippen LogP contribution in [0, 0.1) is 0 Å². The van der Waals surface area contributed by atoms with E-state index in [2.05, 4.69) is 65.1 Å². The van der Waals surface area contributed by atoms with Gasteiger partial charge in [-0.1, -0.05) is 19.9 Å². The fraction of sp³-hybridized carbons (Fsp3) is 0.600. The number of benzene rings is 1. The highest BCUT2D eigenvalue weighted by atomic mass is 79.9. The predicted molar refractivity (Wildman–Crippen MR) is 82.2 cm³/mol. The van der Waals surface area contributed by atoms with Crippen LogP contribution in [0.1, 0.15) is 39.2 Å². The Hall–Kier alpha value is -0.540.